The van der Waals surface area contributed by atoms with Crippen molar-refractivity contribution in [1.29, 1.82) is 0 Å². The summed E-state index contributed by atoms with van der Waals surface area (Å²) in [5, 5.41) is 14.3. The zero-order valence-corrected chi connectivity index (χ0v) is 28.6. The van der Waals surface area contributed by atoms with Gasteiger partial charge in [0.15, 0.2) is 0 Å². The van der Waals surface area contributed by atoms with Crippen molar-refractivity contribution in [2.24, 2.45) is 11.8 Å². The van der Waals surface area contributed by atoms with E-state index in [1.54, 1.807) is 27.0 Å². The Morgan fingerprint density at radius 2 is 1.21 bits per heavy atom. The van der Waals surface area contributed by atoms with Crippen LogP contribution in [0.3, 0.4) is 0 Å². The number of esters is 1. The highest BCUT2D eigenvalue weighted by molar-refractivity contribution is 5.99. The molecule has 1 aromatic carbocycles. The van der Waals surface area contributed by atoms with E-state index in [0.717, 1.165) is 16.5 Å². The van der Waals surface area contributed by atoms with Crippen molar-refractivity contribution in [3.8, 4) is 0 Å². The summed E-state index contributed by atoms with van der Waals surface area (Å²) >= 11 is 0. The third kappa shape index (κ3) is 11.1. The molecule has 5 amide bonds. The summed E-state index contributed by atoms with van der Waals surface area (Å²) < 4.78 is 5.42. The summed E-state index contributed by atoms with van der Waals surface area (Å²) in [6, 6.07) is 1.72. The number of aromatic nitrogens is 1. The molecule has 6 N–H and O–H groups in total. The molecule has 47 heavy (non-hydrogen) atoms. The molecule has 1 aromatic heterocycles. The van der Waals surface area contributed by atoms with Crippen LogP contribution in [0.4, 0.5) is 0 Å². The van der Waals surface area contributed by atoms with Gasteiger partial charge in [-0.2, -0.15) is 0 Å². The third-order valence-electron chi connectivity index (χ3n) is 7.59. The van der Waals surface area contributed by atoms with Crippen molar-refractivity contribution in [2.45, 2.75) is 117 Å². The Bertz CT molecular complexity index is 1460. The summed E-state index contributed by atoms with van der Waals surface area (Å²) in [4.78, 5) is 84.1. The molecule has 5 atom stereocenters. The van der Waals surface area contributed by atoms with E-state index in [2.05, 4.69) is 31.6 Å². The fraction of sp³-hybridized carbons (Fsp3) is 0.588. The molecule has 1 saturated heterocycles. The Hall–Kier alpha value is -4.42. The second kappa shape index (κ2) is 15.9. The molecule has 2 heterocycles. The highest BCUT2D eigenvalue weighted by Gasteiger charge is 2.35. The van der Waals surface area contributed by atoms with Crippen molar-refractivity contribution in [1.82, 2.24) is 31.6 Å². The van der Waals surface area contributed by atoms with Gasteiger partial charge in [0.1, 0.15) is 35.8 Å². The van der Waals surface area contributed by atoms with E-state index < -0.39 is 77.7 Å². The van der Waals surface area contributed by atoms with E-state index in [-0.39, 0.29) is 31.1 Å². The van der Waals surface area contributed by atoms with Crippen LogP contribution in [0.25, 0.3) is 10.9 Å². The molecule has 0 spiro atoms. The summed E-state index contributed by atoms with van der Waals surface area (Å²) in [7, 11) is 0. The summed E-state index contributed by atoms with van der Waals surface area (Å²) in [5.74, 6) is -4.07. The van der Waals surface area contributed by atoms with Crippen LogP contribution < -0.4 is 26.6 Å². The van der Waals surface area contributed by atoms with Crippen molar-refractivity contribution >= 4 is 46.4 Å². The van der Waals surface area contributed by atoms with Crippen LogP contribution in [-0.4, -0.2) is 76.3 Å². The highest BCUT2D eigenvalue weighted by atomic mass is 16.6. The predicted octanol–water partition coefficient (Wildman–Crippen LogP) is 1.99. The van der Waals surface area contributed by atoms with Crippen molar-refractivity contribution in [2.75, 3.05) is 0 Å². The third-order valence-corrected chi connectivity index (χ3v) is 7.59. The molecular formula is C34H50N6O7. The van der Waals surface area contributed by atoms with E-state index >= 15 is 0 Å². The van der Waals surface area contributed by atoms with E-state index in [1.807, 2.05) is 52.0 Å². The molecule has 2 aromatic rings. The molecule has 3 rings (SSSR count). The van der Waals surface area contributed by atoms with E-state index in [4.69, 9.17) is 4.74 Å². The number of para-hydroxylation sites is 1. The minimum absolute atomic E-state index is 0.00720. The van der Waals surface area contributed by atoms with Gasteiger partial charge in [0, 0.05) is 23.5 Å². The van der Waals surface area contributed by atoms with Gasteiger partial charge in [0.2, 0.25) is 29.5 Å². The van der Waals surface area contributed by atoms with Gasteiger partial charge in [-0.3, -0.25) is 28.8 Å². The lowest BCUT2D eigenvalue weighted by Crippen LogP contribution is -2.58. The van der Waals surface area contributed by atoms with Gasteiger partial charge in [-0.05, 0) is 64.0 Å². The zero-order chi connectivity index (χ0) is 35.1. The molecule has 13 nitrogen and oxygen atoms in total. The number of hydrogen-bond acceptors (Lipinski definition) is 7. The van der Waals surface area contributed by atoms with Crippen LogP contribution in [0.2, 0.25) is 0 Å². The Kier molecular flexibility index (Phi) is 12.5. The van der Waals surface area contributed by atoms with Gasteiger partial charge in [-0.25, -0.2) is 0 Å². The van der Waals surface area contributed by atoms with E-state index in [1.165, 1.54) is 6.92 Å². The number of hydrogen-bond donors (Lipinski definition) is 6. The van der Waals surface area contributed by atoms with Gasteiger partial charge in [0.05, 0.1) is 6.42 Å². The molecule has 258 valence electrons. The number of carbonyl (C=O) groups excluding carboxylic acids is 6. The number of fused-ring (bicyclic) bond motifs is 1. The first-order chi connectivity index (χ1) is 21.9. The quantitative estimate of drug-likeness (QED) is 0.235. The van der Waals surface area contributed by atoms with Gasteiger partial charge in [-0.1, -0.05) is 45.9 Å². The standard InChI is InChI=1S/C34H50N6O7/c1-18(2)13-24-31(44)38-25(14-19(3)4)32(45)39-26(15-21-17-35-23-12-10-9-11-22(21)23)33(46)40-27(16-28(41)47-34(6,7)8)30(43)36-20(5)29(42)37-24/h9-12,17-20,24-27,35H,13-16H2,1-8H3,(H,36,43)(H,37,42)(H,38,44)(H,39,45)(H,40,46)/t20-,24+,25-,26+,27+/m0/s1. The van der Waals surface area contributed by atoms with Crippen LogP contribution in [0.1, 0.15) is 80.2 Å². The molecule has 1 aliphatic heterocycles. The Balaban J connectivity index is 2.07. The van der Waals surface area contributed by atoms with Gasteiger partial charge >= 0.3 is 5.97 Å². The summed E-state index contributed by atoms with van der Waals surface area (Å²) in [6.07, 6.45) is 1.80. The van der Waals surface area contributed by atoms with Crippen LogP contribution in [0.15, 0.2) is 30.5 Å². The van der Waals surface area contributed by atoms with Crippen LogP contribution in [0.5, 0.6) is 0 Å². The first-order valence-electron chi connectivity index (χ1n) is 16.2. The molecule has 0 aliphatic carbocycles. The molecule has 0 radical (unpaired) electrons. The van der Waals surface area contributed by atoms with E-state index in [9.17, 15) is 28.8 Å². The maximum atomic E-state index is 14.0. The lowest BCUT2D eigenvalue weighted by molar-refractivity contribution is -0.156. The molecule has 0 unspecified atom stereocenters. The SMILES string of the molecule is CC(C)C[C@@H]1NC(=O)[C@@H](CC(C)C)NC(=O)[C@H](C)NC(=O)[C@@H](CC(=O)OC(C)(C)C)NC(=O)[C@@H](Cc2c[nH]c3ccccc23)NC1=O. The minimum Gasteiger partial charge on any atom is -0.460 e. The Labute approximate surface area is 276 Å². The summed E-state index contributed by atoms with van der Waals surface area (Å²) in [5.41, 5.74) is 0.713. The fourth-order valence-corrected chi connectivity index (χ4v) is 5.39. The smallest absolute Gasteiger partial charge is 0.308 e. The lowest BCUT2D eigenvalue weighted by atomic mass is 9.99. The predicted molar refractivity (Wildman–Crippen MR) is 177 cm³/mol. The van der Waals surface area contributed by atoms with Gasteiger partial charge in [-0.15, -0.1) is 0 Å². The molecule has 0 bridgehead atoms. The van der Waals surface area contributed by atoms with Crippen molar-refractivity contribution in [3.05, 3.63) is 36.0 Å². The lowest BCUT2D eigenvalue weighted by Gasteiger charge is -2.27. The Morgan fingerprint density at radius 1 is 0.723 bits per heavy atom. The largest absolute Gasteiger partial charge is 0.460 e. The van der Waals surface area contributed by atoms with Gasteiger partial charge < -0.3 is 36.3 Å². The highest BCUT2D eigenvalue weighted by Crippen LogP contribution is 2.20. The number of carbonyl (C=O) groups is 6. The minimum atomic E-state index is -1.43. The van der Waals surface area contributed by atoms with Gasteiger partial charge in [0.25, 0.3) is 0 Å². The Morgan fingerprint density at radius 3 is 1.79 bits per heavy atom. The number of nitrogens with one attached hydrogen (secondary N) is 6. The summed E-state index contributed by atoms with van der Waals surface area (Å²) in [6.45, 7) is 14.1. The van der Waals surface area contributed by atoms with E-state index in [0.29, 0.717) is 0 Å². The van der Waals surface area contributed by atoms with Crippen LogP contribution in [-0.2, 0) is 39.9 Å². The number of rotatable bonds is 8. The number of benzene rings is 1. The number of ether oxygens (including phenoxy) is 1. The molecule has 13 heteroatoms. The number of H-pyrrole nitrogens is 1. The first-order valence-corrected chi connectivity index (χ1v) is 16.2. The molecule has 1 fully saturated rings. The number of aromatic amines is 1. The molecular weight excluding hydrogens is 604 g/mol. The maximum absolute atomic E-state index is 14.0. The van der Waals surface area contributed by atoms with Crippen LogP contribution >= 0.6 is 0 Å². The molecule has 1 aliphatic rings. The maximum Gasteiger partial charge on any atom is 0.308 e. The number of amides is 5. The zero-order valence-electron chi connectivity index (χ0n) is 28.6. The normalized spacial score (nSPS) is 23.7. The van der Waals surface area contributed by atoms with Crippen molar-refractivity contribution in [3.63, 3.8) is 0 Å². The van der Waals surface area contributed by atoms with Crippen molar-refractivity contribution < 1.29 is 33.5 Å². The first kappa shape index (κ1) is 37.0. The second-order valence-corrected chi connectivity index (χ2v) is 14.1. The topological polar surface area (TPSA) is 188 Å². The fourth-order valence-electron chi connectivity index (χ4n) is 5.39. The monoisotopic (exact) mass is 654 g/mol. The van der Waals surface area contributed by atoms with Crippen LogP contribution in [0, 0.1) is 11.8 Å². The molecule has 0 saturated carbocycles. The average Bonchev–Trinajstić information content (AvgIpc) is 3.36. The second-order valence-electron chi connectivity index (χ2n) is 14.1. The average molecular weight is 655 g/mol.